The number of nitrogens with zero attached hydrogens (tertiary/aromatic N) is 3. The highest BCUT2D eigenvalue weighted by Gasteiger charge is 2.45. The van der Waals surface area contributed by atoms with Crippen molar-refractivity contribution in [3.05, 3.63) is 41.5 Å². The van der Waals surface area contributed by atoms with Crippen LogP contribution in [0.3, 0.4) is 0 Å². The van der Waals surface area contributed by atoms with E-state index < -0.39 is 10.0 Å². The van der Waals surface area contributed by atoms with Gasteiger partial charge in [-0.25, -0.2) is 13.8 Å². The van der Waals surface area contributed by atoms with Crippen LogP contribution >= 0.6 is 0 Å². The zero-order chi connectivity index (χ0) is 17.6. The molecule has 0 amide bonds. The first kappa shape index (κ1) is 16.6. The second-order valence-electron chi connectivity index (χ2n) is 6.61. The van der Waals surface area contributed by atoms with Gasteiger partial charge in [0.2, 0.25) is 10.0 Å². The van der Waals surface area contributed by atoms with Gasteiger partial charge in [-0.05, 0) is 32.4 Å². The highest BCUT2D eigenvalue weighted by Crippen LogP contribution is 2.37. The fraction of sp³-hybridized carbons (Fsp3) is 0.500. The van der Waals surface area contributed by atoms with Crippen LogP contribution in [0.25, 0.3) is 0 Å². The molecule has 134 valence electrons. The lowest BCUT2D eigenvalue weighted by atomic mass is 9.85. The van der Waals surface area contributed by atoms with E-state index in [2.05, 4.69) is 21.0 Å². The van der Waals surface area contributed by atoms with E-state index in [1.54, 1.807) is 22.6 Å². The van der Waals surface area contributed by atoms with E-state index in [1.165, 1.54) is 6.20 Å². The molecule has 0 aliphatic carbocycles. The topological polar surface area (TPSA) is 100 Å². The SMILES string of the molecule is Cc1noc(C)c1C1NNC2CCN(S(=O)(=O)c3cccnc3)CC21. The largest absolute Gasteiger partial charge is 0.361 e. The van der Waals surface area contributed by atoms with Crippen molar-refractivity contribution < 1.29 is 12.9 Å². The first-order valence-corrected chi connectivity index (χ1v) is 9.76. The zero-order valence-corrected chi connectivity index (χ0v) is 15.0. The van der Waals surface area contributed by atoms with Gasteiger partial charge in [0, 0.05) is 43.0 Å². The maximum atomic E-state index is 12.9. The van der Waals surface area contributed by atoms with Crippen molar-refractivity contribution in [3.63, 3.8) is 0 Å². The lowest BCUT2D eigenvalue weighted by Gasteiger charge is -2.35. The van der Waals surface area contributed by atoms with Crippen LogP contribution in [-0.4, -0.2) is 42.0 Å². The predicted molar refractivity (Wildman–Crippen MR) is 89.9 cm³/mol. The minimum Gasteiger partial charge on any atom is -0.361 e. The molecule has 0 radical (unpaired) electrons. The third-order valence-corrected chi connectivity index (χ3v) is 6.99. The summed E-state index contributed by atoms with van der Waals surface area (Å²) in [4.78, 5) is 4.18. The molecule has 0 spiro atoms. The van der Waals surface area contributed by atoms with Gasteiger partial charge in [-0.1, -0.05) is 5.16 Å². The highest BCUT2D eigenvalue weighted by atomic mass is 32.2. The summed E-state index contributed by atoms with van der Waals surface area (Å²) in [6, 6.07) is 3.43. The summed E-state index contributed by atoms with van der Waals surface area (Å²) in [5.41, 5.74) is 8.47. The van der Waals surface area contributed by atoms with E-state index in [9.17, 15) is 8.42 Å². The Morgan fingerprint density at radius 3 is 2.84 bits per heavy atom. The molecule has 4 rings (SSSR count). The Morgan fingerprint density at radius 1 is 1.32 bits per heavy atom. The minimum atomic E-state index is -3.54. The number of fused-ring (bicyclic) bond motifs is 1. The van der Waals surface area contributed by atoms with Crippen molar-refractivity contribution in [1.82, 2.24) is 25.3 Å². The number of rotatable bonds is 3. The summed E-state index contributed by atoms with van der Waals surface area (Å²) >= 11 is 0. The fourth-order valence-corrected chi connectivity index (χ4v) is 5.32. The number of pyridine rings is 1. The molecule has 25 heavy (non-hydrogen) atoms. The molecule has 0 bridgehead atoms. The molecule has 0 aromatic carbocycles. The quantitative estimate of drug-likeness (QED) is 0.836. The van der Waals surface area contributed by atoms with E-state index in [-0.39, 0.29) is 22.9 Å². The summed E-state index contributed by atoms with van der Waals surface area (Å²) in [5, 5.41) is 4.03. The molecule has 3 unspecified atom stereocenters. The number of nitrogens with one attached hydrogen (secondary N) is 2. The molecule has 2 aromatic rings. The van der Waals surface area contributed by atoms with Gasteiger partial charge in [0.25, 0.3) is 0 Å². The lowest BCUT2D eigenvalue weighted by molar-refractivity contribution is 0.234. The average Bonchev–Trinajstić information content (AvgIpc) is 3.18. The molecular formula is C16H21N5O3S. The van der Waals surface area contributed by atoms with Crippen LogP contribution < -0.4 is 10.9 Å². The van der Waals surface area contributed by atoms with E-state index in [1.807, 2.05) is 13.8 Å². The number of aryl methyl sites for hydroxylation is 2. The smallest absolute Gasteiger partial charge is 0.244 e. The highest BCUT2D eigenvalue weighted by molar-refractivity contribution is 7.89. The number of hydrogen-bond donors (Lipinski definition) is 2. The van der Waals surface area contributed by atoms with Gasteiger partial charge in [0.15, 0.2) is 0 Å². The Labute approximate surface area is 146 Å². The van der Waals surface area contributed by atoms with Crippen LogP contribution in [0.1, 0.15) is 29.5 Å². The van der Waals surface area contributed by atoms with E-state index in [4.69, 9.17) is 4.52 Å². The number of aromatic nitrogens is 2. The Hall–Kier alpha value is -1.81. The van der Waals surface area contributed by atoms with Gasteiger partial charge in [-0.2, -0.15) is 4.31 Å². The number of hydrazine groups is 1. The molecule has 4 heterocycles. The van der Waals surface area contributed by atoms with Crippen LogP contribution in [-0.2, 0) is 10.0 Å². The third-order valence-electron chi connectivity index (χ3n) is 5.14. The van der Waals surface area contributed by atoms with Crippen molar-refractivity contribution in [2.45, 2.75) is 37.2 Å². The normalized spacial score (nSPS) is 27.4. The molecule has 2 aliphatic heterocycles. The maximum absolute atomic E-state index is 12.9. The Kier molecular flexibility index (Phi) is 4.11. The summed E-state index contributed by atoms with van der Waals surface area (Å²) in [6.07, 6.45) is 3.72. The summed E-state index contributed by atoms with van der Waals surface area (Å²) in [6.45, 7) is 4.73. The molecular weight excluding hydrogens is 342 g/mol. The van der Waals surface area contributed by atoms with Crippen molar-refractivity contribution in [2.75, 3.05) is 13.1 Å². The van der Waals surface area contributed by atoms with Crippen molar-refractivity contribution in [1.29, 1.82) is 0 Å². The number of sulfonamides is 1. The number of hydrogen-bond acceptors (Lipinski definition) is 7. The van der Waals surface area contributed by atoms with Crippen LogP contribution in [0.15, 0.2) is 33.9 Å². The van der Waals surface area contributed by atoms with E-state index >= 15 is 0 Å². The van der Waals surface area contributed by atoms with Gasteiger partial charge in [-0.15, -0.1) is 0 Å². The van der Waals surface area contributed by atoms with Gasteiger partial charge < -0.3 is 4.52 Å². The van der Waals surface area contributed by atoms with Crippen LogP contribution in [0.4, 0.5) is 0 Å². The second-order valence-corrected chi connectivity index (χ2v) is 8.55. The van der Waals surface area contributed by atoms with Gasteiger partial charge in [0.05, 0.1) is 11.7 Å². The lowest BCUT2D eigenvalue weighted by Crippen LogP contribution is -2.47. The third kappa shape index (κ3) is 2.77. The summed E-state index contributed by atoms with van der Waals surface area (Å²) in [7, 11) is -3.54. The Bertz CT molecular complexity index is 848. The molecule has 0 saturated carbocycles. The average molecular weight is 363 g/mol. The fourth-order valence-electron chi connectivity index (χ4n) is 3.86. The van der Waals surface area contributed by atoms with E-state index in [0.29, 0.717) is 13.1 Å². The predicted octanol–water partition coefficient (Wildman–Crippen LogP) is 0.915. The molecule has 8 nitrogen and oxygen atoms in total. The van der Waals surface area contributed by atoms with Crippen LogP contribution in [0.5, 0.6) is 0 Å². The van der Waals surface area contributed by atoms with Crippen molar-refractivity contribution >= 4 is 10.0 Å². The summed E-state index contributed by atoms with van der Waals surface area (Å²) < 4.78 is 32.7. The molecule has 3 atom stereocenters. The first-order valence-electron chi connectivity index (χ1n) is 8.32. The zero-order valence-electron chi connectivity index (χ0n) is 14.1. The molecule has 2 N–H and O–H groups in total. The second kappa shape index (κ2) is 6.17. The minimum absolute atomic E-state index is 0.0249. The Balaban J connectivity index is 1.62. The molecule has 2 saturated heterocycles. The maximum Gasteiger partial charge on any atom is 0.244 e. The number of piperidine rings is 1. The van der Waals surface area contributed by atoms with Crippen LogP contribution in [0.2, 0.25) is 0 Å². The molecule has 9 heteroatoms. The van der Waals surface area contributed by atoms with Gasteiger partial charge in [-0.3, -0.25) is 10.4 Å². The van der Waals surface area contributed by atoms with Crippen molar-refractivity contribution in [3.8, 4) is 0 Å². The molecule has 2 fully saturated rings. The van der Waals surface area contributed by atoms with Gasteiger partial charge >= 0.3 is 0 Å². The first-order chi connectivity index (χ1) is 12.0. The van der Waals surface area contributed by atoms with E-state index in [0.717, 1.165) is 23.4 Å². The van der Waals surface area contributed by atoms with Crippen LogP contribution in [0, 0.1) is 19.8 Å². The monoisotopic (exact) mass is 363 g/mol. The molecule has 2 aliphatic rings. The summed E-state index contributed by atoms with van der Waals surface area (Å²) in [5.74, 6) is 0.877. The van der Waals surface area contributed by atoms with Crippen molar-refractivity contribution in [2.24, 2.45) is 5.92 Å². The molecule has 2 aromatic heterocycles. The standard InChI is InChI=1S/C16H21N5O3S/c1-10-15(11(2)24-20-10)16-13-9-21(7-5-14(13)18-19-16)25(22,23)12-4-3-6-17-8-12/h3-4,6,8,13-14,16,18-19H,5,7,9H2,1-2H3. The van der Waals surface area contributed by atoms with Gasteiger partial charge in [0.1, 0.15) is 10.7 Å². The Morgan fingerprint density at radius 2 is 2.16 bits per heavy atom.